The second kappa shape index (κ2) is 7.00. The lowest BCUT2D eigenvalue weighted by Gasteiger charge is -2.08. The van der Waals surface area contributed by atoms with Gasteiger partial charge in [0.1, 0.15) is 5.78 Å². The maximum absolute atomic E-state index is 11.7. The van der Waals surface area contributed by atoms with E-state index in [0.717, 1.165) is 5.56 Å². The van der Waals surface area contributed by atoms with Crippen molar-refractivity contribution in [2.24, 2.45) is 0 Å². The van der Waals surface area contributed by atoms with Crippen molar-refractivity contribution in [3.8, 4) is 0 Å². The van der Waals surface area contributed by atoms with Gasteiger partial charge in [0.15, 0.2) is 0 Å². The number of ketones is 1. The van der Waals surface area contributed by atoms with Crippen LogP contribution in [0.4, 0.5) is 0 Å². The normalized spacial score (nSPS) is 10.9. The summed E-state index contributed by atoms with van der Waals surface area (Å²) in [6, 6.07) is 5.59. The number of nitrogens with one attached hydrogen (secondary N) is 1. The molecule has 0 radical (unpaired) electrons. The topological polar surface area (TPSA) is 29.1 Å². The van der Waals surface area contributed by atoms with Gasteiger partial charge in [0.2, 0.25) is 0 Å². The van der Waals surface area contributed by atoms with Crippen molar-refractivity contribution in [1.82, 2.24) is 5.32 Å². The predicted molar refractivity (Wildman–Crippen MR) is 72.9 cm³/mol. The number of Topliss-reactive ketones (excluding diaryl/α,β-unsaturated/α-hetero) is 1. The van der Waals surface area contributed by atoms with Crippen LogP contribution in [-0.2, 0) is 11.2 Å². The van der Waals surface area contributed by atoms with Crippen LogP contribution in [0.15, 0.2) is 18.2 Å². The van der Waals surface area contributed by atoms with Crippen LogP contribution in [0.25, 0.3) is 0 Å². The third kappa shape index (κ3) is 5.53. The molecule has 0 bridgehead atoms. The fraction of sp³-hybridized carbons (Fsp3) is 0.462. The highest BCUT2D eigenvalue weighted by Gasteiger charge is 2.08. The van der Waals surface area contributed by atoms with Crippen molar-refractivity contribution in [2.45, 2.75) is 32.7 Å². The number of carbonyl (C=O) groups excluding carboxylic acids is 1. The van der Waals surface area contributed by atoms with Crippen molar-refractivity contribution in [3.05, 3.63) is 33.8 Å². The molecule has 0 aromatic heterocycles. The average molecular weight is 274 g/mol. The Balaban J connectivity index is 2.47. The summed E-state index contributed by atoms with van der Waals surface area (Å²) in [6.07, 6.45) is 0.861. The van der Waals surface area contributed by atoms with Gasteiger partial charge in [0.25, 0.3) is 0 Å². The van der Waals surface area contributed by atoms with Gasteiger partial charge in [-0.05, 0) is 23.8 Å². The van der Waals surface area contributed by atoms with Gasteiger partial charge in [-0.15, -0.1) is 0 Å². The van der Waals surface area contributed by atoms with E-state index in [1.54, 1.807) is 18.2 Å². The first-order chi connectivity index (χ1) is 7.99. The first-order valence-corrected chi connectivity index (χ1v) is 6.43. The number of carbonyl (C=O) groups is 1. The summed E-state index contributed by atoms with van der Waals surface area (Å²) in [5.41, 5.74) is 0.800. The van der Waals surface area contributed by atoms with Crippen LogP contribution in [0, 0.1) is 0 Å². The van der Waals surface area contributed by atoms with Crippen LogP contribution in [0.5, 0.6) is 0 Å². The van der Waals surface area contributed by atoms with Crippen LogP contribution in [0.3, 0.4) is 0 Å². The maximum Gasteiger partial charge on any atom is 0.138 e. The Bertz CT molecular complexity index is 391. The number of benzene rings is 1. The summed E-state index contributed by atoms with van der Waals surface area (Å²) < 4.78 is 0. The Hall–Kier alpha value is -0.570. The number of halogens is 2. The minimum Gasteiger partial charge on any atom is -0.314 e. The van der Waals surface area contributed by atoms with Gasteiger partial charge in [0.05, 0.1) is 0 Å². The largest absolute Gasteiger partial charge is 0.314 e. The van der Waals surface area contributed by atoms with E-state index in [1.807, 2.05) is 0 Å². The van der Waals surface area contributed by atoms with Gasteiger partial charge in [0, 0.05) is 35.5 Å². The summed E-state index contributed by atoms with van der Waals surface area (Å²) in [5.74, 6) is 0.169. The van der Waals surface area contributed by atoms with Gasteiger partial charge in [-0.3, -0.25) is 4.79 Å². The highest BCUT2D eigenvalue weighted by atomic mass is 35.5. The summed E-state index contributed by atoms with van der Waals surface area (Å²) in [4.78, 5) is 11.7. The molecule has 4 heteroatoms. The summed E-state index contributed by atoms with van der Waals surface area (Å²) in [6.45, 7) is 4.81. The second-order valence-corrected chi connectivity index (χ2v) is 5.15. The lowest BCUT2D eigenvalue weighted by Crippen LogP contribution is -2.25. The van der Waals surface area contributed by atoms with E-state index < -0.39 is 0 Å². The molecule has 0 aliphatic heterocycles. The molecule has 1 aromatic rings. The summed E-state index contributed by atoms with van der Waals surface area (Å²) in [5, 5.41) is 4.41. The standard InChI is InChI=1S/C13H17Cl2NO/c1-9(2)16-6-5-12(17)8-10-7-11(14)3-4-13(10)15/h3-4,7,9,16H,5-6,8H2,1-2H3. The number of rotatable bonds is 6. The molecule has 94 valence electrons. The summed E-state index contributed by atoms with van der Waals surface area (Å²) >= 11 is 11.9. The zero-order valence-electron chi connectivity index (χ0n) is 10.1. The SMILES string of the molecule is CC(C)NCCC(=O)Cc1cc(Cl)ccc1Cl. The van der Waals surface area contributed by atoms with E-state index in [1.165, 1.54) is 0 Å². The van der Waals surface area contributed by atoms with Crippen molar-refractivity contribution >= 4 is 29.0 Å². The Labute approximate surface area is 112 Å². The predicted octanol–water partition coefficient (Wildman–Crippen LogP) is 3.49. The van der Waals surface area contributed by atoms with Crippen molar-refractivity contribution in [1.29, 1.82) is 0 Å². The fourth-order valence-electron chi connectivity index (χ4n) is 1.48. The van der Waals surface area contributed by atoms with Crippen LogP contribution in [0.2, 0.25) is 10.0 Å². The van der Waals surface area contributed by atoms with Gasteiger partial charge < -0.3 is 5.32 Å². The molecule has 1 rings (SSSR count). The molecular formula is C13H17Cl2NO. The fourth-order valence-corrected chi connectivity index (χ4v) is 1.86. The van der Waals surface area contributed by atoms with E-state index in [0.29, 0.717) is 35.5 Å². The highest BCUT2D eigenvalue weighted by molar-refractivity contribution is 6.33. The zero-order chi connectivity index (χ0) is 12.8. The molecule has 17 heavy (non-hydrogen) atoms. The van der Waals surface area contributed by atoms with Crippen LogP contribution in [-0.4, -0.2) is 18.4 Å². The van der Waals surface area contributed by atoms with Crippen LogP contribution in [0.1, 0.15) is 25.8 Å². The maximum atomic E-state index is 11.7. The Morgan fingerprint density at radius 2 is 2.06 bits per heavy atom. The molecule has 0 amide bonds. The third-order valence-electron chi connectivity index (χ3n) is 2.35. The number of hydrogen-bond acceptors (Lipinski definition) is 2. The number of hydrogen-bond donors (Lipinski definition) is 1. The van der Waals surface area contributed by atoms with Gasteiger partial charge in [-0.1, -0.05) is 37.0 Å². The molecule has 0 heterocycles. The molecule has 0 atom stereocenters. The molecule has 2 nitrogen and oxygen atoms in total. The molecule has 0 unspecified atom stereocenters. The van der Waals surface area contributed by atoms with Crippen molar-refractivity contribution in [3.63, 3.8) is 0 Å². The lowest BCUT2D eigenvalue weighted by molar-refractivity contribution is -0.118. The van der Waals surface area contributed by atoms with Crippen molar-refractivity contribution < 1.29 is 4.79 Å². The molecule has 0 aliphatic carbocycles. The third-order valence-corrected chi connectivity index (χ3v) is 2.96. The first-order valence-electron chi connectivity index (χ1n) is 5.68. The smallest absolute Gasteiger partial charge is 0.138 e. The van der Waals surface area contributed by atoms with Gasteiger partial charge in [-0.25, -0.2) is 0 Å². The van der Waals surface area contributed by atoms with Crippen molar-refractivity contribution in [2.75, 3.05) is 6.54 Å². The van der Waals surface area contributed by atoms with Gasteiger partial charge >= 0.3 is 0 Å². The van der Waals surface area contributed by atoms with Crippen LogP contribution >= 0.6 is 23.2 Å². The molecule has 0 spiro atoms. The zero-order valence-corrected chi connectivity index (χ0v) is 11.6. The Kier molecular flexibility index (Phi) is 5.96. The lowest BCUT2D eigenvalue weighted by atomic mass is 10.1. The monoisotopic (exact) mass is 273 g/mol. The quantitative estimate of drug-likeness (QED) is 0.860. The molecule has 0 saturated carbocycles. The second-order valence-electron chi connectivity index (χ2n) is 4.31. The van der Waals surface area contributed by atoms with E-state index in [4.69, 9.17) is 23.2 Å². The first kappa shape index (κ1) is 14.5. The molecular weight excluding hydrogens is 257 g/mol. The molecule has 1 N–H and O–H groups in total. The average Bonchev–Trinajstić information content (AvgIpc) is 2.23. The molecule has 1 aromatic carbocycles. The van der Waals surface area contributed by atoms with E-state index in [-0.39, 0.29) is 5.78 Å². The molecule has 0 saturated heterocycles. The minimum absolute atomic E-state index is 0.169. The van der Waals surface area contributed by atoms with E-state index in [2.05, 4.69) is 19.2 Å². The summed E-state index contributed by atoms with van der Waals surface area (Å²) in [7, 11) is 0. The van der Waals surface area contributed by atoms with Crippen LogP contribution < -0.4 is 5.32 Å². The van der Waals surface area contributed by atoms with Gasteiger partial charge in [-0.2, -0.15) is 0 Å². The Morgan fingerprint density at radius 3 is 2.71 bits per heavy atom. The van der Waals surface area contributed by atoms with E-state index in [9.17, 15) is 4.79 Å². The molecule has 0 aliphatic rings. The molecule has 0 fully saturated rings. The Morgan fingerprint density at radius 1 is 1.35 bits per heavy atom. The minimum atomic E-state index is 0.169. The highest BCUT2D eigenvalue weighted by Crippen LogP contribution is 2.21. The van der Waals surface area contributed by atoms with E-state index >= 15 is 0 Å².